The summed E-state index contributed by atoms with van der Waals surface area (Å²) in [4.78, 5) is 16.8. The lowest BCUT2D eigenvalue weighted by atomic mass is 10.1. The second kappa shape index (κ2) is 5.43. The molecule has 0 unspecified atom stereocenters. The number of aromatic nitrogens is 1. The molecule has 1 amide bonds. The maximum atomic E-state index is 12.8. The highest BCUT2D eigenvalue weighted by Crippen LogP contribution is 2.33. The minimum atomic E-state index is -4.48. The molecule has 4 nitrogen and oxygen atoms in total. The zero-order valence-corrected chi connectivity index (χ0v) is 11.1. The Morgan fingerprint density at radius 3 is 2.52 bits per heavy atom. The number of carbonyl (C=O) groups is 1. The summed E-state index contributed by atoms with van der Waals surface area (Å²) in [6.07, 6.45) is -3.10. The van der Waals surface area contributed by atoms with E-state index in [2.05, 4.69) is 4.98 Å². The van der Waals surface area contributed by atoms with Crippen LogP contribution in [0.1, 0.15) is 12.5 Å². The van der Waals surface area contributed by atoms with E-state index >= 15 is 0 Å². The molecule has 1 aromatic carbocycles. The molecule has 7 heteroatoms. The Labute approximate surface area is 119 Å². The van der Waals surface area contributed by atoms with E-state index in [-0.39, 0.29) is 11.5 Å². The number of nitrogen functional groups attached to an aromatic ring is 1. The van der Waals surface area contributed by atoms with Gasteiger partial charge in [0.25, 0.3) is 0 Å². The van der Waals surface area contributed by atoms with E-state index in [0.717, 1.165) is 17.0 Å². The molecular formula is C14H12F3N3O. The predicted octanol–water partition coefficient (Wildman–Crippen LogP) is 3.37. The van der Waals surface area contributed by atoms with Crippen molar-refractivity contribution in [2.45, 2.75) is 13.1 Å². The second-order valence-electron chi connectivity index (χ2n) is 4.35. The van der Waals surface area contributed by atoms with Crippen molar-refractivity contribution >= 4 is 23.1 Å². The number of hydrogen-bond acceptors (Lipinski definition) is 3. The van der Waals surface area contributed by atoms with Crippen LogP contribution in [0.15, 0.2) is 42.6 Å². The summed E-state index contributed by atoms with van der Waals surface area (Å²) in [7, 11) is 0. The molecule has 1 heterocycles. The van der Waals surface area contributed by atoms with E-state index < -0.39 is 17.6 Å². The van der Waals surface area contributed by atoms with Crippen molar-refractivity contribution in [2.24, 2.45) is 0 Å². The van der Waals surface area contributed by atoms with Crippen molar-refractivity contribution in [1.82, 2.24) is 4.98 Å². The molecule has 0 aliphatic rings. The average Bonchev–Trinajstić information content (AvgIpc) is 2.38. The molecule has 0 aliphatic heterocycles. The molecule has 110 valence electrons. The van der Waals surface area contributed by atoms with Gasteiger partial charge in [0.15, 0.2) is 0 Å². The van der Waals surface area contributed by atoms with Crippen LogP contribution in [0, 0.1) is 0 Å². The van der Waals surface area contributed by atoms with Crippen molar-refractivity contribution in [3.8, 4) is 0 Å². The highest BCUT2D eigenvalue weighted by molar-refractivity contribution is 5.98. The van der Waals surface area contributed by atoms with Gasteiger partial charge in [-0.3, -0.25) is 9.69 Å². The van der Waals surface area contributed by atoms with Gasteiger partial charge in [0.2, 0.25) is 5.91 Å². The molecule has 21 heavy (non-hydrogen) atoms. The van der Waals surface area contributed by atoms with Crippen LogP contribution >= 0.6 is 0 Å². The lowest BCUT2D eigenvalue weighted by molar-refractivity contribution is -0.137. The average molecular weight is 295 g/mol. The van der Waals surface area contributed by atoms with E-state index in [1.807, 2.05) is 0 Å². The molecule has 2 N–H and O–H groups in total. The topological polar surface area (TPSA) is 59.2 Å². The molecule has 2 rings (SSSR count). The van der Waals surface area contributed by atoms with Gasteiger partial charge < -0.3 is 5.73 Å². The quantitative estimate of drug-likeness (QED) is 0.924. The first kappa shape index (κ1) is 14.8. The maximum Gasteiger partial charge on any atom is 0.416 e. The lowest BCUT2D eigenvalue weighted by Crippen LogP contribution is -2.24. The minimum absolute atomic E-state index is 0.0791. The Balaban J connectivity index is 2.52. The van der Waals surface area contributed by atoms with Crippen molar-refractivity contribution in [1.29, 1.82) is 0 Å². The summed E-state index contributed by atoms with van der Waals surface area (Å²) in [5.74, 6) is -0.297. The fraction of sp³-hybridized carbons (Fsp3) is 0.143. The Hall–Kier alpha value is -2.57. The van der Waals surface area contributed by atoms with Gasteiger partial charge in [0.1, 0.15) is 5.82 Å². The number of anilines is 3. The number of nitrogens with zero attached hydrogens (tertiary/aromatic N) is 2. The standard InChI is InChI=1S/C14H12F3N3O/c1-9(21)20(13-8-11(18)5-6-19-13)12-4-2-3-10(7-12)14(15,16)17/h2-8H,1H3,(H2,18,19). The van der Waals surface area contributed by atoms with E-state index in [0.29, 0.717) is 5.69 Å². The SMILES string of the molecule is CC(=O)N(c1cccc(C(F)(F)F)c1)c1cc(N)ccn1. The van der Waals surface area contributed by atoms with Crippen LogP contribution in [0.3, 0.4) is 0 Å². The van der Waals surface area contributed by atoms with E-state index in [1.165, 1.54) is 37.4 Å². The van der Waals surface area contributed by atoms with Crippen LogP contribution in [0.25, 0.3) is 0 Å². The number of hydrogen-bond donors (Lipinski definition) is 1. The fourth-order valence-corrected chi connectivity index (χ4v) is 1.85. The van der Waals surface area contributed by atoms with E-state index in [4.69, 9.17) is 5.73 Å². The summed E-state index contributed by atoms with van der Waals surface area (Å²) in [5.41, 5.74) is 5.22. The van der Waals surface area contributed by atoms with Gasteiger partial charge in [-0.2, -0.15) is 13.2 Å². The third kappa shape index (κ3) is 3.31. The number of nitrogens with two attached hydrogens (primary N) is 1. The third-order valence-corrected chi connectivity index (χ3v) is 2.75. The third-order valence-electron chi connectivity index (χ3n) is 2.75. The van der Waals surface area contributed by atoms with Gasteiger partial charge in [-0.15, -0.1) is 0 Å². The van der Waals surface area contributed by atoms with Crippen molar-refractivity contribution < 1.29 is 18.0 Å². The van der Waals surface area contributed by atoms with Gasteiger partial charge in [0, 0.05) is 24.9 Å². The Bertz CT molecular complexity index is 671. The Morgan fingerprint density at radius 2 is 1.95 bits per heavy atom. The lowest BCUT2D eigenvalue weighted by Gasteiger charge is -2.21. The first-order valence-electron chi connectivity index (χ1n) is 5.98. The smallest absolute Gasteiger partial charge is 0.399 e. The van der Waals surface area contributed by atoms with Gasteiger partial charge in [-0.1, -0.05) is 6.07 Å². The number of alkyl halides is 3. The zero-order chi connectivity index (χ0) is 15.6. The number of rotatable bonds is 2. The number of benzene rings is 1. The number of amides is 1. The summed E-state index contributed by atoms with van der Waals surface area (Å²) >= 11 is 0. The summed E-state index contributed by atoms with van der Waals surface area (Å²) in [6.45, 7) is 1.24. The Morgan fingerprint density at radius 1 is 1.24 bits per heavy atom. The molecule has 0 atom stereocenters. The molecule has 0 fully saturated rings. The number of halogens is 3. The predicted molar refractivity (Wildman–Crippen MR) is 72.9 cm³/mol. The van der Waals surface area contributed by atoms with Crippen LogP contribution < -0.4 is 10.6 Å². The summed E-state index contributed by atoms with van der Waals surface area (Å²) in [5, 5.41) is 0. The molecule has 2 aromatic rings. The number of pyridine rings is 1. The molecule has 0 aliphatic carbocycles. The zero-order valence-electron chi connectivity index (χ0n) is 11.1. The summed E-state index contributed by atoms with van der Waals surface area (Å²) < 4.78 is 38.3. The molecule has 1 aromatic heterocycles. The first-order chi connectivity index (χ1) is 9.79. The summed E-state index contributed by atoms with van der Waals surface area (Å²) in [6, 6.07) is 7.42. The second-order valence-corrected chi connectivity index (χ2v) is 4.35. The van der Waals surface area contributed by atoms with Crippen molar-refractivity contribution in [2.75, 3.05) is 10.6 Å². The monoisotopic (exact) mass is 295 g/mol. The molecule has 0 bridgehead atoms. The molecule has 0 spiro atoms. The first-order valence-corrected chi connectivity index (χ1v) is 5.98. The highest BCUT2D eigenvalue weighted by Gasteiger charge is 2.31. The van der Waals surface area contributed by atoms with Crippen molar-refractivity contribution in [3.05, 3.63) is 48.2 Å². The van der Waals surface area contributed by atoms with E-state index in [1.54, 1.807) is 0 Å². The molecule has 0 saturated carbocycles. The van der Waals surface area contributed by atoms with Crippen LogP contribution in [-0.4, -0.2) is 10.9 Å². The van der Waals surface area contributed by atoms with Crippen LogP contribution in [-0.2, 0) is 11.0 Å². The fourth-order valence-electron chi connectivity index (χ4n) is 1.85. The van der Waals surface area contributed by atoms with Crippen LogP contribution in [0.5, 0.6) is 0 Å². The maximum absolute atomic E-state index is 12.8. The van der Waals surface area contributed by atoms with Gasteiger partial charge in [-0.05, 0) is 24.3 Å². The Kier molecular flexibility index (Phi) is 3.84. The molecule has 0 radical (unpaired) electrons. The van der Waals surface area contributed by atoms with E-state index in [9.17, 15) is 18.0 Å². The van der Waals surface area contributed by atoms with Crippen LogP contribution in [0.2, 0.25) is 0 Å². The normalized spacial score (nSPS) is 11.2. The molecule has 0 saturated heterocycles. The van der Waals surface area contributed by atoms with Gasteiger partial charge >= 0.3 is 6.18 Å². The largest absolute Gasteiger partial charge is 0.416 e. The van der Waals surface area contributed by atoms with Gasteiger partial charge in [-0.25, -0.2) is 4.98 Å². The minimum Gasteiger partial charge on any atom is -0.399 e. The van der Waals surface area contributed by atoms with Crippen molar-refractivity contribution in [3.63, 3.8) is 0 Å². The van der Waals surface area contributed by atoms with Crippen LogP contribution in [0.4, 0.5) is 30.4 Å². The molecular weight excluding hydrogens is 283 g/mol. The number of carbonyl (C=O) groups excluding carboxylic acids is 1. The van der Waals surface area contributed by atoms with Gasteiger partial charge in [0.05, 0.1) is 11.3 Å². The highest BCUT2D eigenvalue weighted by atomic mass is 19.4.